The maximum absolute atomic E-state index is 12.7. The van der Waals surface area contributed by atoms with Gasteiger partial charge in [0, 0.05) is 7.05 Å². The third kappa shape index (κ3) is 2.95. The van der Waals surface area contributed by atoms with Crippen molar-refractivity contribution in [2.75, 3.05) is 7.05 Å². The quantitative estimate of drug-likeness (QED) is 0.747. The van der Waals surface area contributed by atoms with E-state index in [9.17, 15) is 22.4 Å². The molecule has 0 saturated carbocycles. The zero-order valence-electron chi connectivity index (χ0n) is 7.65. The van der Waals surface area contributed by atoms with Gasteiger partial charge in [-0.25, -0.2) is 4.39 Å². The summed E-state index contributed by atoms with van der Waals surface area (Å²) in [4.78, 5) is 11.1. The summed E-state index contributed by atoms with van der Waals surface area (Å²) in [5.74, 6) is -1.86. The Kier molecular flexibility index (Phi) is 4.47. The topological polar surface area (TPSA) is 29.1 Å². The first-order valence-electron chi connectivity index (χ1n) is 3.95. The first-order valence-corrected chi connectivity index (χ1v) is 3.95. The highest BCUT2D eigenvalue weighted by Gasteiger charge is 2.35. The van der Waals surface area contributed by atoms with Gasteiger partial charge in [0.2, 0.25) is 0 Å². The zero-order valence-corrected chi connectivity index (χ0v) is 7.65. The minimum atomic E-state index is -4.67. The van der Waals surface area contributed by atoms with Crippen LogP contribution in [0.25, 0.3) is 0 Å². The summed E-state index contributed by atoms with van der Waals surface area (Å²) in [6.07, 6.45) is -4.67. The lowest BCUT2D eigenvalue weighted by Crippen LogP contribution is -2.22. The molecular formula is C10H11F4NO. The first kappa shape index (κ1) is 14.4. The molecule has 0 unspecified atom stereocenters. The Balaban J connectivity index is 0.00000225. The van der Waals surface area contributed by atoms with E-state index in [4.69, 9.17) is 0 Å². The van der Waals surface area contributed by atoms with Gasteiger partial charge in [0.05, 0.1) is 11.1 Å². The van der Waals surface area contributed by atoms with Crippen molar-refractivity contribution in [3.63, 3.8) is 0 Å². The monoisotopic (exact) mass is 237 g/mol. The van der Waals surface area contributed by atoms with Crippen LogP contribution in [0.1, 0.15) is 23.3 Å². The van der Waals surface area contributed by atoms with Crippen molar-refractivity contribution in [2.24, 2.45) is 0 Å². The minimum absolute atomic E-state index is 0. The molecule has 90 valence electrons. The van der Waals surface area contributed by atoms with Crippen molar-refractivity contribution in [3.05, 3.63) is 35.1 Å². The van der Waals surface area contributed by atoms with Gasteiger partial charge in [-0.1, -0.05) is 7.43 Å². The molecule has 0 saturated heterocycles. The SMILES string of the molecule is C.CNC(=O)c1cc(F)ccc1C(F)(F)F. The highest BCUT2D eigenvalue weighted by atomic mass is 19.4. The number of alkyl halides is 3. The maximum Gasteiger partial charge on any atom is 0.417 e. The van der Waals surface area contributed by atoms with Gasteiger partial charge in [-0.2, -0.15) is 13.2 Å². The van der Waals surface area contributed by atoms with Crippen LogP contribution >= 0.6 is 0 Å². The van der Waals surface area contributed by atoms with Crippen LogP contribution < -0.4 is 5.32 Å². The number of amides is 1. The molecule has 1 N–H and O–H groups in total. The van der Waals surface area contributed by atoms with E-state index >= 15 is 0 Å². The van der Waals surface area contributed by atoms with Crippen LogP contribution in [0.2, 0.25) is 0 Å². The van der Waals surface area contributed by atoms with E-state index in [1.807, 2.05) is 5.32 Å². The van der Waals surface area contributed by atoms with Gasteiger partial charge < -0.3 is 5.32 Å². The normalized spacial score (nSPS) is 10.6. The molecule has 0 aliphatic rings. The Morgan fingerprint density at radius 2 is 1.88 bits per heavy atom. The van der Waals surface area contributed by atoms with E-state index < -0.39 is 29.0 Å². The Labute approximate surface area is 90.3 Å². The summed E-state index contributed by atoms with van der Waals surface area (Å²) in [6.45, 7) is 0. The third-order valence-corrected chi connectivity index (χ3v) is 1.76. The van der Waals surface area contributed by atoms with Crippen LogP contribution in [0.3, 0.4) is 0 Å². The first-order chi connectivity index (χ1) is 6.86. The maximum atomic E-state index is 12.7. The van der Waals surface area contributed by atoms with Crippen molar-refractivity contribution >= 4 is 5.91 Å². The largest absolute Gasteiger partial charge is 0.417 e. The Bertz CT molecular complexity index is 387. The van der Waals surface area contributed by atoms with E-state index in [2.05, 4.69) is 0 Å². The molecule has 0 fully saturated rings. The third-order valence-electron chi connectivity index (χ3n) is 1.76. The van der Waals surface area contributed by atoms with E-state index in [0.29, 0.717) is 18.2 Å². The van der Waals surface area contributed by atoms with Crippen molar-refractivity contribution in [2.45, 2.75) is 13.6 Å². The number of hydrogen-bond acceptors (Lipinski definition) is 1. The van der Waals surface area contributed by atoms with Gasteiger partial charge in [-0.15, -0.1) is 0 Å². The number of halogens is 4. The average molecular weight is 237 g/mol. The fraction of sp³-hybridized carbons (Fsp3) is 0.300. The number of nitrogens with one attached hydrogen (secondary N) is 1. The van der Waals surface area contributed by atoms with Crippen LogP contribution in [0.15, 0.2) is 18.2 Å². The smallest absolute Gasteiger partial charge is 0.355 e. The second kappa shape index (κ2) is 4.96. The average Bonchev–Trinajstić information content (AvgIpc) is 2.14. The van der Waals surface area contributed by atoms with Crippen molar-refractivity contribution < 1.29 is 22.4 Å². The molecule has 0 aliphatic carbocycles. The second-order valence-electron chi connectivity index (χ2n) is 2.77. The van der Waals surface area contributed by atoms with Crippen LogP contribution in [-0.4, -0.2) is 13.0 Å². The fourth-order valence-corrected chi connectivity index (χ4v) is 1.09. The number of hydrogen-bond donors (Lipinski definition) is 1. The van der Waals surface area contributed by atoms with Crippen molar-refractivity contribution in [1.82, 2.24) is 5.32 Å². The van der Waals surface area contributed by atoms with Gasteiger partial charge in [0.15, 0.2) is 0 Å². The van der Waals surface area contributed by atoms with Gasteiger partial charge in [-0.05, 0) is 18.2 Å². The summed E-state index contributed by atoms with van der Waals surface area (Å²) in [5.41, 5.74) is -1.87. The molecule has 0 radical (unpaired) electrons. The fourth-order valence-electron chi connectivity index (χ4n) is 1.09. The van der Waals surface area contributed by atoms with Crippen LogP contribution in [-0.2, 0) is 6.18 Å². The molecule has 0 spiro atoms. The molecule has 0 bridgehead atoms. The molecule has 6 heteroatoms. The molecule has 1 amide bonds. The Morgan fingerprint density at radius 3 is 2.31 bits per heavy atom. The lowest BCUT2D eigenvalue weighted by molar-refractivity contribution is -0.138. The van der Waals surface area contributed by atoms with E-state index in [0.717, 1.165) is 0 Å². The molecule has 1 aromatic carbocycles. The van der Waals surface area contributed by atoms with Crippen molar-refractivity contribution in [1.29, 1.82) is 0 Å². The number of benzene rings is 1. The Morgan fingerprint density at radius 1 is 1.31 bits per heavy atom. The molecular weight excluding hydrogens is 226 g/mol. The number of rotatable bonds is 1. The van der Waals surface area contributed by atoms with Crippen LogP contribution in [0.4, 0.5) is 17.6 Å². The predicted molar refractivity (Wildman–Crippen MR) is 51.5 cm³/mol. The molecule has 2 nitrogen and oxygen atoms in total. The molecule has 0 aliphatic heterocycles. The summed E-state index contributed by atoms with van der Waals surface area (Å²) in [7, 11) is 1.17. The van der Waals surface area contributed by atoms with Crippen LogP contribution in [0, 0.1) is 5.82 Å². The summed E-state index contributed by atoms with van der Waals surface area (Å²) < 4.78 is 49.8. The Hall–Kier alpha value is -1.59. The number of carbonyl (C=O) groups excluding carboxylic acids is 1. The summed E-state index contributed by atoms with van der Waals surface area (Å²) in [5, 5.41) is 2.02. The summed E-state index contributed by atoms with van der Waals surface area (Å²) >= 11 is 0. The summed E-state index contributed by atoms with van der Waals surface area (Å²) in [6, 6.07) is 1.76. The lowest BCUT2D eigenvalue weighted by atomic mass is 10.1. The van der Waals surface area contributed by atoms with E-state index in [1.54, 1.807) is 0 Å². The standard InChI is InChI=1S/C9H7F4NO.CH4/c1-14-8(15)6-4-5(10)2-3-7(6)9(11,12)13;/h2-4H,1H3,(H,14,15);1H4. The molecule has 0 heterocycles. The molecule has 1 rings (SSSR count). The highest BCUT2D eigenvalue weighted by molar-refractivity contribution is 5.95. The van der Waals surface area contributed by atoms with Gasteiger partial charge in [0.25, 0.3) is 5.91 Å². The van der Waals surface area contributed by atoms with Gasteiger partial charge in [0.1, 0.15) is 5.82 Å². The molecule has 0 aromatic heterocycles. The molecule has 0 atom stereocenters. The highest BCUT2D eigenvalue weighted by Crippen LogP contribution is 2.32. The van der Waals surface area contributed by atoms with Crippen molar-refractivity contribution in [3.8, 4) is 0 Å². The van der Waals surface area contributed by atoms with E-state index in [-0.39, 0.29) is 7.43 Å². The van der Waals surface area contributed by atoms with Gasteiger partial charge in [-0.3, -0.25) is 4.79 Å². The zero-order chi connectivity index (χ0) is 11.6. The van der Waals surface area contributed by atoms with Gasteiger partial charge >= 0.3 is 6.18 Å². The minimum Gasteiger partial charge on any atom is -0.355 e. The second-order valence-corrected chi connectivity index (χ2v) is 2.77. The van der Waals surface area contributed by atoms with Crippen LogP contribution in [0.5, 0.6) is 0 Å². The van der Waals surface area contributed by atoms with E-state index in [1.165, 1.54) is 7.05 Å². The molecule has 1 aromatic rings. The molecule has 16 heavy (non-hydrogen) atoms. The predicted octanol–water partition coefficient (Wildman–Crippen LogP) is 2.84. The lowest BCUT2D eigenvalue weighted by Gasteiger charge is -2.11. The number of carbonyl (C=O) groups is 1.